The van der Waals surface area contributed by atoms with Crippen molar-refractivity contribution in [2.75, 3.05) is 27.4 Å². The number of hydrogen-bond donors (Lipinski definition) is 5. The first-order valence-corrected chi connectivity index (χ1v) is 9.18. The van der Waals surface area contributed by atoms with Crippen LogP contribution in [0.4, 0.5) is 0 Å². The van der Waals surface area contributed by atoms with Gasteiger partial charge in [0.15, 0.2) is 12.4 Å². The molecule has 0 radical (unpaired) electrons. The molecule has 1 amide bonds. The summed E-state index contributed by atoms with van der Waals surface area (Å²) in [6.07, 6.45) is -10.1. The quantitative estimate of drug-likeness (QED) is 0.259. The largest absolute Gasteiger partial charge is 0.467 e. The molecule has 29 heavy (non-hydrogen) atoms. The van der Waals surface area contributed by atoms with Gasteiger partial charge >= 0.3 is 5.97 Å². The highest BCUT2D eigenvalue weighted by atomic mass is 16.7. The zero-order chi connectivity index (χ0) is 21.7. The molecular weight excluding hydrogens is 394 g/mol. The van der Waals surface area contributed by atoms with E-state index in [1.165, 1.54) is 14.0 Å². The molecule has 9 atom stereocenters. The maximum absolute atomic E-state index is 11.8. The van der Waals surface area contributed by atoms with E-state index in [1.807, 2.05) is 0 Å². The predicted octanol–water partition coefficient (Wildman–Crippen LogP) is -3.35. The zero-order valence-electron chi connectivity index (χ0n) is 16.5. The molecule has 0 saturated carbocycles. The van der Waals surface area contributed by atoms with Gasteiger partial charge in [-0.1, -0.05) is 0 Å². The van der Waals surface area contributed by atoms with Crippen LogP contribution in [-0.2, 0) is 33.3 Å². The molecule has 2 aliphatic heterocycles. The number of carbonyl (C=O) groups is 2. The van der Waals surface area contributed by atoms with Crippen LogP contribution in [-0.4, -0.2) is 115 Å². The molecule has 2 fully saturated rings. The van der Waals surface area contributed by atoms with Crippen LogP contribution in [0.3, 0.4) is 0 Å². The highest BCUT2D eigenvalue weighted by molar-refractivity contribution is 5.75. The van der Waals surface area contributed by atoms with Crippen molar-refractivity contribution in [2.24, 2.45) is 0 Å². The summed E-state index contributed by atoms with van der Waals surface area (Å²) in [6.45, 7) is 0.748. The minimum absolute atomic E-state index is 0.0194. The molecule has 2 aliphatic rings. The third-order valence-corrected chi connectivity index (χ3v) is 4.85. The third kappa shape index (κ3) is 5.61. The van der Waals surface area contributed by atoms with E-state index in [4.69, 9.17) is 18.9 Å². The molecule has 12 nitrogen and oxygen atoms in total. The van der Waals surface area contributed by atoms with Crippen molar-refractivity contribution in [1.82, 2.24) is 5.32 Å². The van der Waals surface area contributed by atoms with Crippen molar-refractivity contribution in [3.8, 4) is 0 Å². The van der Waals surface area contributed by atoms with Crippen molar-refractivity contribution in [2.45, 2.75) is 68.4 Å². The summed E-state index contributed by atoms with van der Waals surface area (Å²) < 4.78 is 26.4. The van der Waals surface area contributed by atoms with Crippen LogP contribution < -0.4 is 5.32 Å². The molecule has 5 N–H and O–H groups in total. The van der Waals surface area contributed by atoms with Crippen LogP contribution >= 0.6 is 0 Å². The van der Waals surface area contributed by atoms with E-state index >= 15 is 0 Å². The molecule has 2 saturated heterocycles. The van der Waals surface area contributed by atoms with Crippen molar-refractivity contribution in [3.05, 3.63) is 0 Å². The van der Waals surface area contributed by atoms with Crippen molar-refractivity contribution >= 4 is 11.9 Å². The Balaban J connectivity index is 2.25. The minimum Gasteiger partial charge on any atom is -0.467 e. The second kappa shape index (κ2) is 10.6. The van der Waals surface area contributed by atoms with Gasteiger partial charge in [0.25, 0.3) is 0 Å². The summed E-state index contributed by atoms with van der Waals surface area (Å²) in [6, 6.07) is -0.913. The number of esters is 1. The Kier molecular flexibility index (Phi) is 8.73. The number of nitrogens with one attached hydrogen (secondary N) is 1. The molecule has 0 aliphatic carbocycles. The summed E-state index contributed by atoms with van der Waals surface area (Å²) in [5.74, 6) is -1.29. The molecule has 2 rings (SSSR count). The van der Waals surface area contributed by atoms with Gasteiger partial charge < -0.3 is 49.4 Å². The molecule has 0 aromatic heterocycles. The summed E-state index contributed by atoms with van der Waals surface area (Å²) in [7, 11) is 2.54. The van der Waals surface area contributed by atoms with E-state index in [9.17, 15) is 30.0 Å². The topological polar surface area (TPSA) is 173 Å². The summed E-state index contributed by atoms with van der Waals surface area (Å²) in [5.41, 5.74) is 0. The highest BCUT2D eigenvalue weighted by Crippen LogP contribution is 2.29. The number of aliphatic hydroxyl groups excluding tert-OH is 4. The maximum Gasteiger partial charge on any atom is 0.337 e. The Morgan fingerprint density at radius 1 is 1.10 bits per heavy atom. The van der Waals surface area contributed by atoms with E-state index in [-0.39, 0.29) is 13.0 Å². The first-order chi connectivity index (χ1) is 13.7. The second-order valence-electron chi connectivity index (χ2n) is 6.99. The fourth-order valence-electron chi connectivity index (χ4n) is 3.47. The number of hydrogen-bond acceptors (Lipinski definition) is 11. The van der Waals surface area contributed by atoms with E-state index in [0.717, 1.165) is 7.11 Å². The molecule has 0 aromatic carbocycles. The number of aliphatic hydroxyl groups is 4. The molecule has 0 aromatic rings. The van der Waals surface area contributed by atoms with Crippen LogP contribution in [0.15, 0.2) is 0 Å². The number of ether oxygens (including phenoxy) is 5. The monoisotopic (exact) mass is 423 g/mol. The summed E-state index contributed by atoms with van der Waals surface area (Å²) in [5, 5.41) is 43.0. The predicted molar refractivity (Wildman–Crippen MR) is 93.4 cm³/mol. The standard InChI is InChI=1S/C17H29NO11/c1-7(20)18-12-11(6-25-2)27-10(5-19)13(23)15(12)29-17-9(22)4-8(21)14(28-17)16(24)26-3/h8-15,17,19,21-23H,4-6H2,1-3H3,(H,18,20). The Morgan fingerprint density at radius 3 is 2.34 bits per heavy atom. The van der Waals surface area contributed by atoms with Gasteiger partial charge in [-0.05, 0) is 0 Å². The van der Waals surface area contributed by atoms with Crippen LogP contribution in [0.25, 0.3) is 0 Å². The average Bonchev–Trinajstić information content (AvgIpc) is 2.67. The second-order valence-corrected chi connectivity index (χ2v) is 6.99. The lowest BCUT2D eigenvalue weighted by molar-refractivity contribution is -0.309. The Labute approximate surface area is 167 Å². The van der Waals surface area contributed by atoms with Crippen LogP contribution in [0.1, 0.15) is 13.3 Å². The molecule has 2 heterocycles. The van der Waals surface area contributed by atoms with Gasteiger partial charge in [0, 0.05) is 20.5 Å². The Morgan fingerprint density at radius 2 is 1.79 bits per heavy atom. The first-order valence-electron chi connectivity index (χ1n) is 9.18. The minimum atomic E-state index is -1.42. The van der Waals surface area contributed by atoms with E-state index < -0.39 is 73.5 Å². The Hall–Kier alpha value is -1.38. The van der Waals surface area contributed by atoms with Crippen molar-refractivity contribution in [1.29, 1.82) is 0 Å². The third-order valence-electron chi connectivity index (χ3n) is 4.85. The van der Waals surface area contributed by atoms with Crippen molar-refractivity contribution in [3.63, 3.8) is 0 Å². The number of amides is 1. The average molecular weight is 423 g/mol. The first kappa shape index (κ1) is 23.9. The van der Waals surface area contributed by atoms with Crippen LogP contribution in [0, 0.1) is 0 Å². The lowest BCUT2D eigenvalue weighted by Crippen LogP contribution is -2.67. The summed E-state index contributed by atoms with van der Waals surface area (Å²) in [4.78, 5) is 23.5. The molecule has 0 spiro atoms. The highest BCUT2D eigenvalue weighted by Gasteiger charge is 2.50. The summed E-state index contributed by atoms with van der Waals surface area (Å²) >= 11 is 0. The SMILES string of the molecule is COCC1OC(CO)C(O)C(OC2OC(C(=O)OC)C(O)CC2O)C1NC(C)=O. The molecule has 168 valence electrons. The van der Waals surface area contributed by atoms with E-state index in [1.54, 1.807) is 0 Å². The number of carbonyl (C=O) groups excluding carboxylic acids is 2. The van der Waals surface area contributed by atoms with Gasteiger partial charge in [-0.15, -0.1) is 0 Å². The lowest BCUT2D eigenvalue weighted by Gasteiger charge is -2.46. The molecular formula is C17H29NO11. The van der Waals surface area contributed by atoms with E-state index in [0.29, 0.717) is 0 Å². The molecule has 9 unspecified atom stereocenters. The van der Waals surface area contributed by atoms with Gasteiger partial charge in [0.2, 0.25) is 5.91 Å². The van der Waals surface area contributed by atoms with Gasteiger partial charge in [-0.2, -0.15) is 0 Å². The van der Waals surface area contributed by atoms with Crippen LogP contribution in [0.5, 0.6) is 0 Å². The number of rotatable bonds is 7. The van der Waals surface area contributed by atoms with Gasteiger partial charge in [0.1, 0.15) is 30.5 Å². The lowest BCUT2D eigenvalue weighted by atomic mass is 9.92. The van der Waals surface area contributed by atoms with E-state index in [2.05, 4.69) is 10.1 Å². The van der Waals surface area contributed by atoms with Crippen LogP contribution in [0.2, 0.25) is 0 Å². The maximum atomic E-state index is 11.8. The van der Waals surface area contributed by atoms with Gasteiger partial charge in [-0.25, -0.2) is 4.79 Å². The normalized spacial score (nSPS) is 40.3. The molecule has 12 heteroatoms. The fourth-order valence-corrected chi connectivity index (χ4v) is 3.47. The van der Waals surface area contributed by atoms with Gasteiger partial charge in [0.05, 0.1) is 32.5 Å². The Bertz CT molecular complexity index is 561. The van der Waals surface area contributed by atoms with Crippen molar-refractivity contribution < 1.29 is 53.7 Å². The smallest absolute Gasteiger partial charge is 0.337 e. The zero-order valence-corrected chi connectivity index (χ0v) is 16.5. The number of methoxy groups -OCH3 is 2. The molecule has 0 bridgehead atoms. The van der Waals surface area contributed by atoms with Gasteiger partial charge in [-0.3, -0.25) is 4.79 Å². The fraction of sp³-hybridized carbons (Fsp3) is 0.882.